The average molecular weight is 516 g/mol. The molecular formula is C25H29N3O5S2. The smallest absolute Gasteiger partial charge is 0.287 e. The van der Waals surface area contributed by atoms with Gasteiger partial charge in [-0.15, -0.1) is 15.7 Å². The van der Waals surface area contributed by atoms with E-state index in [9.17, 15) is 13.2 Å². The van der Waals surface area contributed by atoms with Crippen molar-refractivity contribution in [1.29, 1.82) is 0 Å². The van der Waals surface area contributed by atoms with Gasteiger partial charge in [0, 0.05) is 31.6 Å². The van der Waals surface area contributed by atoms with Crippen molar-refractivity contribution in [2.45, 2.75) is 18.7 Å². The molecule has 0 aliphatic carbocycles. The number of hydroxylamine groups is 2. The molecule has 8 nitrogen and oxygen atoms in total. The first kappa shape index (κ1) is 26.4. The first-order valence-electron chi connectivity index (χ1n) is 10.8. The van der Waals surface area contributed by atoms with Gasteiger partial charge in [0.2, 0.25) is 0 Å². The van der Waals surface area contributed by atoms with Crippen LogP contribution >= 0.6 is 11.3 Å². The summed E-state index contributed by atoms with van der Waals surface area (Å²) in [5.41, 5.74) is 3.31. The van der Waals surface area contributed by atoms with Crippen LogP contribution in [-0.4, -0.2) is 65.5 Å². The molecule has 10 heteroatoms. The van der Waals surface area contributed by atoms with Gasteiger partial charge < -0.3 is 9.64 Å². The Kier molecular flexibility index (Phi) is 8.31. The molecule has 3 rings (SSSR count). The van der Waals surface area contributed by atoms with Crippen molar-refractivity contribution in [3.05, 3.63) is 59.0 Å². The maximum atomic E-state index is 13.2. The van der Waals surface area contributed by atoms with E-state index in [1.54, 1.807) is 38.2 Å². The highest BCUT2D eigenvalue weighted by molar-refractivity contribution is 7.90. The molecule has 0 saturated carbocycles. The molecule has 1 heterocycles. The third kappa shape index (κ3) is 5.90. The number of sulfonamides is 1. The molecule has 1 aromatic heterocycles. The third-order valence-corrected chi connectivity index (χ3v) is 7.75. The van der Waals surface area contributed by atoms with Gasteiger partial charge in [-0.2, -0.15) is 8.42 Å². The molecule has 0 atom stereocenters. The Balaban J connectivity index is 2.10. The number of carbonyl (C=O) groups is 1. The summed E-state index contributed by atoms with van der Waals surface area (Å²) in [5, 5.41) is 1.17. The second-order valence-corrected chi connectivity index (χ2v) is 10.5. The summed E-state index contributed by atoms with van der Waals surface area (Å²) < 4.78 is 34.2. The van der Waals surface area contributed by atoms with Crippen molar-refractivity contribution < 1.29 is 22.8 Å². The van der Waals surface area contributed by atoms with Crippen LogP contribution in [0.2, 0.25) is 0 Å². The third-order valence-electron chi connectivity index (χ3n) is 5.19. The normalized spacial score (nSPS) is 11.6. The molecule has 0 radical (unpaired) electrons. The van der Waals surface area contributed by atoms with Gasteiger partial charge in [0.1, 0.15) is 17.0 Å². The molecule has 186 valence electrons. The first-order valence-corrected chi connectivity index (χ1v) is 13.1. The van der Waals surface area contributed by atoms with E-state index in [1.165, 1.54) is 42.0 Å². The van der Waals surface area contributed by atoms with Crippen molar-refractivity contribution in [2.75, 3.05) is 34.9 Å². The van der Waals surface area contributed by atoms with E-state index in [-0.39, 0.29) is 10.8 Å². The molecule has 0 aliphatic rings. The highest BCUT2D eigenvalue weighted by Crippen LogP contribution is 2.43. The molecule has 35 heavy (non-hydrogen) atoms. The van der Waals surface area contributed by atoms with Crippen molar-refractivity contribution in [2.24, 2.45) is 4.40 Å². The van der Waals surface area contributed by atoms with Gasteiger partial charge in [0.25, 0.3) is 15.9 Å². The van der Waals surface area contributed by atoms with Crippen LogP contribution in [0.1, 0.15) is 22.2 Å². The Bertz CT molecular complexity index is 1310. The maximum absolute atomic E-state index is 13.2. The second-order valence-electron chi connectivity index (χ2n) is 7.89. The topological polar surface area (TPSA) is 88.5 Å². The Morgan fingerprint density at radius 1 is 1.03 bits per heavy atom. The number of ether oxygens (including phenoxy) is 1. The number of benzene rings is 2. The second kappa shape index (κ2) is 11.0. The van der Waals surface area contributed by atoms with Crippen molar-refractivity contribution in [1.82, 2.24) is 9.96 Å². The molecule has 0 aliphatic heterocycles. The van der Waals surface area contributed by atoms with Crippen molar-refractivity contribution in [3.8, 4) is 27.3 Å². The average Bonchev–Trinajstić information content (AvgIpc) is 3.19. The van der Waals surface area contributed by atoms with E-state index in [1.807, 2.05) is 38.1 Å². The lowest BCUT2D eigenvalue weighted by Gasteiger charge is -2.14. The predicted molar refractivity (Wildman–Crippen MR) is 140 cm³/mol. The lowest BCUT2D eigenvalue weighted by atomic mass is 9.98. The van der Waals surface area contributed by atoms with Crippen molar-refractivity contribution in [3.63, 3.8) is 0 Å². The summed E-state index contributed by atoms with van der Waals surface area (Å²) in [5.74, 6) is 0.481. The first-order chi connectivity index (χ1) is 16.6. The Morgan fingerprint density at radius 2 is 1.63 bits per heavy atom. The van der Waals surface area contributed by atoms with Gasteiger partial charge in [-0.05, 0) is 66.9 Å². The molecule has 1 amide bonds. The van der Waals surface area contributed by atoms with Crippen LogP contribution in [0, 0.1) is 6.92 Å². The van der Waals surface area contributed by atoms with Gasteiger partial charge in [-0.3, -0.25) is 9.63 Å². The van der Waals surface area contributed by atoms with Gasteiger partial charge >= 0.3 is 0 Å². The number of amides is 1. The van der Waals surface area contributed by atoms with E-state index in [4.69, 9.17) is 9.57 Å². The summed E-state index contributed by atoms with van der Waals surface area (Å²) in [6.45, 7) is 4.46. The van der Waals surface area contributed by atoms with Gasteiger partial charge in [-0.1, -0.05) is 12.1 Å². The quantitative estimate of drug-likeness (QED) is 0.233. The minimum Gasteiger partial charge on any atom is -0.494 e. The van der Waals surface area contributed by atoms with E-state index in [2.05, 4.69) is 4.40 Å². The van der Waals surface area contributed by atoms with E-state index >= 15 is 0 Å². The van der Waals surface area contributed by atoms with Crippen LogP contribution in [0.5, 0.6) is 5.75 Å². The predicted octanol–water partition coefficient (Wildman–Crippen LogP) is 4.70. The molecule has 0 unspecified atom stereocenters. The largest absolute Gasteiger partial charge is 0.494 e. The lowest BCUT2D eigenvalue weighted by Crippen LogP contribution is -2.25. The fourth-order valence-corrected chi connectivity index (χ4v) is 5.61. The molecule has 0 saturated heterocycles. The van der Waals surface area contributed by atoms with E-state index < -0.39 is 10.0 Å². The lowest BCUT2D eigenvalue weighted by molar-refractivity contribution is -0.0753. The number of hydrogen-bond acceptors (Lipinski definition) is 6. The molecule has 0 bridgehead atoms. The van der Waals surface area contributed by atoms with Crippen LogP contribution in [0.3, 0.4) is 0 Å². The zero-order valence-electron chi connectivity index (χ0n) is 20.6. The Hall–Kier alpha value is -3.21. The number of nitrogens with zero attached hydrogens (tertiary/aromatic N) is 3. The zero-order valence-corrected chi connectivity index (χ0v) is 22.2. The van der Waals surface area contributed by atoms with Crippen LogP contribution < -0.4 is 4.74 Å². The molecule has 2 aromatic carbocycles. The highest BCUT2D eigenvalue weighted by Gasteiger charge is 2.25. The summed E-state index contributed by atoms with van der Waals surface area (Å²) in [4.78, 5) is 21.3. The Morgan fingerprint density at radius 3 is 2.17 bits per heavy atom. The molecule has 0 N–H and O–H groups in total. The zero-order chi connectivity index (χ0) is 25.8. The fourth-order valence-electron chi connectivity index (χ4n) is 3.39. The number of carbonyl (C=O) groups excluding carboxylic acids is 1. The van der Waals surface area contributed by atoms with Crippen molar-refractivity contribution >= 4 is 33.6 Å². The summed E-state index contributed by atoms with van der Waals surface area (Å²) in [7, 11) is 2.54. The molecule has 0 fully saturated rings. The minimum absolute atomic E-state index is 0.0702. The molecular weight excluding hydrogens is 486 g/mol. The number of thiophene rings is 1. The summed E-state index contributed by atoms with van der Waals surface area (Å²) in [6, 6.07) is 14.1. The van der Waals surface area contributed by atoms with Gasteiger partial charge in [-0.25, -0.2) is 5.06 Å². The van der Waals surface area contributed by atoms with Crippen LogP contribution in [0.15, 0.2) is 57.8 Å². The fraction of sp³-hybridized carbons (Fsp3) is 0.280. The number of hydrogen-bond donors (Lipinski definition) is 0. The van der Waals surface area contributed by atoms with Crippen LogP contribution in [0.25, 0.3) is 21.6 Å². The van der Waals surface area contributed by atoms with Gasteiger partial charge in [0.05, 0.1) is 18.6 Å². The Labute approximate surface area is 210 Å². The van der Waals surface area contributed by atoms with Crippen LogP contribution in [-0.2, 0) is 14.9 Å². The SMILES string of the molecule is CCOc1ccc(-c2sc(C(=O)N(C)OC)c(-c3ccc(S(=O)(=O)N=CN(C)C)cc3)c2C)cc1. The monoisotopic (exact) mass is 515 g/mol. The van der Waals surface area contributed by atoms with E-state index in [0.29, 0.717) is 11.5 Å². The summed E-state index contributed by atoms with van der Waals surface area (Å²) in [6.07, 6.45) is 1.24. The standard InChI is InChI=1S/C25H29N3O5S2/c1-7-33-20-12-8-19(9-13-20)23-17(2)22(24(34-23)25(29)28(5)32-6)18-10-14-21(15-11-18)35(30,31)26-16-27(3)4/h8-16H,7H2,1-6H3. The highest BCUT2D eigenvalue weighted by atomic mass is 32.2. The van der Waals surface area contributed by atoms with Crippen LogP contribution in [0.4, 0.5) is 0 Å². The van der Waals surface area contributed by atoms with E-state index in [0.717, 1.165) is 32.9 Å². The minimum atomic E-state index is -3.83. The van der Waals surface area contributed by atoms with Gasteiger partial charge in [0.15, 0.2) is 0 Å². The summed E-state index contributed by atoms with van der Waals surface area (Å²) >= 11 is 1.37. The maximum Gasteiger partial charge on any atom is 0.287 e. The molecule has 3 aromatic rings. The number of rotatable bonds is 9. The molecule has 0 spiro atoms.